The maximum atomic E-state index is 14.1. The highest BCUT2D eigenvalue weighted by molar-refractivity contribution is 6.05. The van der Waals surface area contributed by atoms with Crippen LogP contribution in [0.3, 0.4) is 0 Å². The Morgan fingerprint density at radius 2 is 1.70 bits per heavy atom. The first-order valence-corrected chi connectivity index (χ1v) is 12.5. The van der Waals surface area contributed by atoms with Crippen molar-refractivity contribution in [2.75, 3.05) is 32.2 Å². The molecule has 0 saturated heterocycles. The van der Waals surface area contributed by atoms with E-state index in [9.17, 15) is 9.59 Å². The SMILES string of the molecule is CCOc1ccc(NC(=O)[C@@H]2c3ccccc3C(=O)N(CCOC)[C@@H]2c2cn(C)c3ccccc23)cc1. The number of benzene rings is 3. The fourth-order valence-corrected chi connectivity index (χ4v) is 5.29. The van der Waals surface area contributed by atoms with E-state index in [0.29, 0.717) is 31.0 Å². The highest BCUT2D eigenvalue weighted by Gasteiger charge is 2.45. The quantitative estimate of drug-likeness (QED) is 0.366. The Kier molecular flexibility index (Phi) is 6.97. The second-order valence-electron chi connectivity index (χ2n) is 9.16. The van der Waals surface area contributed by atoms with E-state index in [4.69, 9.17) is 9.47 Å². The van der Waals surface area contributed by atoms with Crippen molar-refractivity contribution in [1.29, 1.82) is 0 Å². The van der Waals surface area contributed by atoms with Crippen molar-refractivity contribution in [3.05, 3.63) is 95.7 Å². The van der Waals surface area contributed by atoms with E-state index in [0.717, 1.165) is 27.8 Å². The molecule has 0 fully saturated rings. The lowest BCUT2D eigenvalue weighted by atomic mass is 9.79. The van der Waals surface area contributed by atoms with Gasteiger partial charge in [0.2, 0.25) is 5.91 Å². The molecule has 0 unspecified atom stereocenters. The number of hydrogen-bond acceptors (Lipinski definition) is 4. The first-order chi connectivity index (χ1) is 18.0. The molecule has 0 bridgehead atoms. The Labute approximate surface area is 216 Å². The van der Waals surface area contributed by atoms with Gasteiger partial charge in [-0.3, -0.25) is 9.59 Å². The van der Waals surface area contributed by atoms with Crippen LogP contribution in [0.4, 0.5) is 5.69 Å². The number of methoxy groups -OCH3 is 1. The van der Waals surface area contributed by atoms with Crippen molar-refractivity contribution in [2.24, 2.45) is 7.05 Å². The highest BCUT2D eigenvalue weighted by atomic mass is 16.5. The van der Waals surface area contributed by atoms with Gasteiger partial charge in [0.25, 0.3) is 5.91 Å². The third-order valence-corrected chi connectivity index (χ3v) is 6.94. The Hall–Kier alpha value is -4.10. The third-order valence-electron chi connectivity index (χ3n) is 6.94. The van der Waals surface area contributed by atoms with Gasteiger partial charge in [-0.1, -0.05) is 36.4 Å². The fraction of sp³-hybridized carbons (Fsp3) is 0.267. The number of rotatable bonds is 8. The highest BCUT2D eigenvalue weighted by Crippen LogP contribution is 2.45. The lowest BCUT2D eigenvalue weighted by molar-refractivity contribution is -0.119. The van der Waals surface area contributed by atoms with Crippen molar-refractivity contribution in [3.8, 4) is 5.75 Å². The van der Waals surface area contributed by atoms with Crippen molar-refractivity contribution in [3.63, 3.8) is 0 Å². The first-order valence-electron chi connectivity index (χ1n) is 12.5. The number of amides is 2. The Balaban J connectivity index is 1.63. The van der Waals surface area contributed by atoms with Crippen LogP contribution >= 0.6 is 0 Å². The predicted octanol–water partition coefficient (Wildman–Crippen LogP) is 5.14. The van der Waals surface area contributed by atoms with E-state index in [1.165, 1.54) is 0 Å². The molecule has 5 rings (SSSR count). The summed E-state index contributed by atoms with van der Waals surface area (Å²) in [5, 5.41) is 4.11. The van der Waals surface area contributed by atoms with E-state index in [-0.39, 0.29) is 11.8 Å². The summed E-state index contributed by atoms with van der Waals surface area (Å²) < 4.78 is 13.0. The molecule has 3 aromatic carbocycles. The van der Waals surface area contributed by atoms with Crippen molar-refractivity contribution < 1.29 is 19.1 Å². The largest absolute Gasteiger partial charge is 0.494 e. The Morgan fingerprint density at radius 3 is 2.46 bits per heavy atom. The molecule has 2 atom stereocenters. The summed E-state index contributed by atoms with van der Waals surface area (Å²) >= 11 is 0. The number of carbonyl (C=O) groups excluding carboxylic acids is 2. The van der Waals surface area contributed by atoms with Crippen molar-refractivity contribution in [1.82, 2.24) is 9.47 Å². The number of aromatic nitrogens is 1. The van der Waals surface area contributed by atoms with Gasteiger partial charge in [-0.05, 0) is 48.9 Å². The van der Waals surface area contributed by atoms with E-state index >= 15 is 0 Å². The van der Waals surface area contributed by atoms with Gasteiger partial charge in [0.15, 0.2) is 0 Å². The van der Waals surface area contributed by atoms with Crippen molar-refractivity contribution in [2.45, 2.75) is 18.9 Å². The van der Waals surface area contributed by atoms with Crippen LogP contribution in [0.25, 0.3) is 10.9 Å². The predicted molar refractivity (Wildman–Crippen MR) is 144 cm³/mol. The molecule has 2 amide bonds. The minimum absolute atomic E-state index is 0.101. The summed E-state index contributed by atoms with van der Waals surface area (Å²) in [5.41, 5.74) is 3.91. The molecule has 0 radical (unpaired) electrons. The summed E-state index contributed by atoms with van der Waals surface area (Å²) in [4.78, 5) is 29.7. The number of nitrogens with zero attached hydrogens (tertiary/aromatic N) is 2. The molecule has 7 nitrogen and oxygen atoms in total. The molecule has 1 aromatic heterocycles. The van der Waals surface area contributed by atoms with Crippen LogP contribution in [0, 0.1) is 0 Å². The fourth-order valence-electron chi connectivity index (χ4n) is 5.29. The zero-order chi connectivity index (χ0) is 25.9. The number of aryl methyl sites for hydroxylation is 1. The molecule has 7 heteroatoms. The van der Waals surface area contributed by atoms with Gasteiger partial charge in [-0.25, -0.2) is 0 Å². The molecular formula is C30H31N3O4. The molecule has 190 valence electrons. The van der Waals surface area contributed by atoms with Gasteiger partial charge in [0, 0.05) is 54.6 Å². The first kappa shape index (κ1) is 24.6. The molecule has 1 aliphatic heterocycles. The molecule has 0 spiro atoms. The summed E-state index contributed by atoms with van der Waals surface area (Å²) in [5.74, 6) is -0.156. The average Bonchev–Trinajstić information content (AvgIpc) is 3.25. The van der Waals surface area contributed by atoms with Crippen LogP contribution in [0.15, 0.2) is 79.0 Å². The molecule has 37 heavy (non-hydrogen) atoms. The van der Waals surface area contributed by atoms with Crippen LogP contribution in [0.1, 0.15) is 40.4 Å². The number of fused-ring (bicyclic) bond motifs is 2. The van der Waals surface area contributed by atoms with Crippen LogP contribution in [-0.2, 0) is 16.6 Å². The van der Waals surface area contributed by atoms with Gasteiger partial charge in [0.1, 0.15) is 5.75 Å². The van der Waals surface area contributed by atoms with Gasteiger partial charge in [-0.2, -0.15) is 0 Å². The van der Waals surface area contributed by atoms with Gasteiger partial charge < -0.3 is 24.3 Å². The smallest absolute Gasteiger partial charge is 0.254 e. The summed E-state index contributed by atoms with van der Waals surface area (Å²) in [6.07, 6.45) is 2.04. The van der Waals surface area contributed by atoms with Crippen LogP contribution < -0.4 is 10.1 Å². The monoisotopic (exact) mass is 497 g/mol. The van der Waals surface area contributed by atoms with Crippen LogP contribution in [-0.4, -0.2) is 48.1 Å². The second kappa shape index (κ2) is 10.5. The molecule has 0 aliphatic carbocycles. The molecule has 1 N–H and O–H groups in total. The number of anilines is 1. The summed E-state index contributed by atoms with van der Waals surface area (Å²) in [7, 11) is 3.60. The van der Waals surface area contributed by atoms with Gasteiger partial charge in [0.05, 0.1) is 25.2 Å². The maximum Gasteiger partial charge on any atom is 0.254 e. The summed E-state index contributed by atoms with van der Waals surface area (Å²) in [6.45, 7) is 3.23. The van der Waals surface area contributed by atoms with E-state index in [2.05, 4.69) is 5.32 Å². The van der Waals surface area contributed by atoms with Gasteiger partial charge in [-0.15, -0.1) is 0 Å². The topological polar surface area (TPSA) is 72.8 Å². The van der Waals surface area contributed by atoms with Crippen molar-refractivity contribution >= 4 is 28.4 Å². The van der Waals surface area contributed by atoms with Gasteiger partial charge >= 0.3 is 0 Å². The molecular weight excluding hydrogens is 466 g/mol. The average molecular weight is 498 g/mol. The number of ether oxygens (including phenoxy) is 2. The number of hydrogen-bond donors (Lipinski definition) is 1. The number of para-hydroxylation sites is 1. The lowest BCUT2D eigenvalue weighted by Crippen LogP contribution is -2.47. The standard InChI is InChI=1S/C30H31N3O4/c1-4-37-21-15-13-20(14-16-21)31-29(34)27-23-10-5-6-11-24(23)30(35)33(17-18-36-3)28(27)25-19-32(2)26-12-8-7-9-22(25)26/h5-16,19,27-28H,4,17-18H2,1-3H3,(H,31,34)/t27-,28-/m1/s1. The van der Waals surface area contributed by atoms with E-state index < -0.39 is 12.0 Å². The number of carbonyl (C=O) groups is 2. The molecule has 4 aromatic rings. The van der Waals surface area contributed by atoms with E-state index in [1.54, 1.807) is 18.1 Å². The zero-order valence-electron chi connectivity index (χ0n) is 21.3. The minimum Gasteiger partial charge on any atom is -0.494 e. The molecule has 1 aliphatic rings. The van der Waals surface area contributed by atoms with E-state index in [1.807, 2.05) is 91.5 Å². The molecule has 2 heterocycles. The minimum atomic E-state index is -0.622. The maximum absolute atomic E-state index is 14.1. The number of nitrogens with one attached hydrogen (secondary N) is 1. The summed E-state index contributed by atoms with van der Waals surface area (Å²) in [6, 6.07) is 22.3. The second-order valence-corrected chi connectivity index (χ2v) is 9.16. The van der Waals surface area contributed by atoms with Crippen LogP contribution in [0.2, 0.25) is 0 Å². The third kappa shape index (κ3) is 4.58. The lowest BCUT2D eigenvalue weighted by Gasteiger charge is -2.41. The zero-order valence-corrected chi connectivity index (χ0v) is 21.3. The Bertz CT molecular complexity index is 1430. The normalized spacial score (nSPS) is 17.1. The molecule has 0 saturated carbocycles. The Morgan fingerprint density at radius 1 is 0.973 bits per heavy atom. The van der Waals surface area contributed by atoms with Crippen LogP contribution in [0.5, 0.6) is 5.75 Å².